The van der Waals surface area contributed by atoms with Crippen LogP contribution in [0.25, 0.3) is 0 Å². The van der Waals surface area contributed by atoms with E-state index in [4.69, 9.17) is 4.74 Å². The van der Waals surface area contributed by atoms with Crippen LogP contribution in [0.5, 0.6) is 11.5 Å². The van der Waals surface area contributed by atoms with Gasteiger partial charge in [-0.05, 0) is 54.9 Å². The van der Waals surface area contributed by atoms with E-state index in [1.807, 2.05) is 0 Å². The summed E-state index contributed by atoms with van der Waals surface area (Å²) < 4.78 is 20.1. The molecule has 1 saturated heterocycles. The molecule has 0 aromatic carbocycles. The second-order valence-corrected chi connectivity index (χ2v) is 9.14. The highest BCUT2D eigenvalue weighted by Crippen LogP contribution is 2.58. The standard InChI is InChI=1S/C22H28FN3O3/c1-14-4-7-19(20(23)25-14)29-16-8-21(2)12-26(13-22(21,3)9-16)11-18(28)17-6-5-15(27)10-24-17/h4-7,10,16,18,27-28H,8-9,11-13H2,1-3H3/t16-,18?,21+,22-. The zero-order chi connectivity index (χ0) is 20.8. The highest BCUT2D eigenvalue weighted by atomic mass is 19.1. The Morgan fingerprint density at radius 3 is 2.48 bits per heavy atom. The molecule has 6 nitrogen and oxygen atoms in total. The van der Waals surface area contributed by atoms with E-state index in [1.165, 1.54) is 12.3 Å². The normalized spacial score (nSPS) is 30.3. The van der Waals surface area contributed by atoms with Crippen molar-refractivity contribution in [3.8, 4) is 11.5 Å². The number of rotatable bonds is 5. The van der Waals surface area contributed by atoms with Crippen LogP contribution in [-0.4, -0.2) is 50.8 Å². The minimum Gasteiger partial charge on any atom is -0.506 e. The molecule has 2 fully saturated rings. The molecule has 2 aliphatic rings. The van der Waals surface area contributed by atoms with Crippen molar-refractivity contribution in [3.63, 3.8) is 0 Å². The van der Waals surface area contributed by atoms with Gasteiger partial charge in [-0.1, -0.05) is 13.8 Å². The number of fused-ring (bicyclic) bond motifs is 1. The number of ether oxygens (including phenoxy) is 1. The topological polar surface area (TPSA) is 78.7 Å². The molecular formula is C22H28FN3O3. The first-order valence-corrected chi connectivity index (χ1v) is 10.0. The monoisotopic (exact) mass is 401 g/mol. The molecule has 1 aliphatic heterocycles. The van der Waals surface area contributed by atoms with E-state index < -0.39 is 12.1 Å². The number of β-amino-alcohol motifs (C(OH)–C–C–N with tert-alkyl or cyclic N) is 1. The van der Waals surface area contributed by atoms with E-state index in [0.29, 0.717) is 17.9 Å². The molecule has 3 heterocycles. The molecule has 2 N–H and O–H groups in total. The molecular weight excluding hydrogens is 373 g/mol. The summed E-state index contributed by atoms with van der Waals surface area (Å²) in [6.07, 6.45) is 2.26. The third-order valence-electron chi connectivity index (χ3n) is 6.75. The lowest BCUT2D eigenvalue weighted by molar-refractivity contribution is 0.105. The number of hydrogen-bond acceptors (Lipinski definition) is 6. The van der Waals surface area contributed by atoms with Crippen molar-refractivity contribution in [2.45, 2.75) is 45.8 Å². The summed E-state index contributed by atoms with van der Waals surface area (Å²) in [5.41, 5.74) is 1.23. The summed E-state index contributed by atoms with van der Waals surface area (Å²) >= 11 is 0. The zero-order valence-corrected chi connectivity index (χ0v) is 17.1. The second-order valence-electron chi connectivity index (χ2n) is 9.14. The van der Waals surface area contributed by atoms with E-state index in [0.717, 1.165) is 25.9 Å². The van der Waals surface area contributed by atoms with Crippen LogP contribution in [-0.2, 0) is 0 Å². The van der Waals surface area contributed by atoms with Gasteiger partial charge in [-0.15, -0.1) is 0 Å². The third-order valence-corrected chi connectivity index (χ3v) is 6.75. The molecule has 29 heavy (non-hydrogen) atoms. The molecule has 0 radical (unpaired) electrons. The van der Waals surface area contributed by atoms with Gasteiger partial charge in [0, 0.05) is 25.3 Å². The van der Waals surface area contributed by atoms with E-state index in [1.54, 1.807) is 25.1 Å². The number of aliphatic hydroxyl groups is 1. The van der Waals surface area contributed by atoms with Gasteiger partial charge in [0.05, 0.1) is 11.9 Å². The summed E-state index contributed by atoms with van der Waals surface area (Å²) in [6.45, 7) is 8.44. The van der Waals surface area contributed by atoms with E-state index >= 15 is 0 Å². The first-order valence-electron chi connectivity index (χ1n) is 10.0. The fourth-order valence-corrected chi connectivity index (χ4v) is 5.05. The lowest BCUT2D eigenvalue weighted by atomic mass is 9.71. The average Bonchev–Trinajstić information content (AvgIpc) is 3.00. The van der Waals surface area contributed by atoms with Crippen LogP contribution < -0.4 is 4.74 Å². The maximum atomic E-state index is 14.1. The Bertz CT molecular complexity index is 873. The lowest BCUT2D eigenvalue weighted by Gasteiger charge is -2.32. The number of nitrogens with zero attached hydrogens (tertiary/aromatic N) is 3. The number of aromatic hydroxyl groups is 1. The molecule has 4 rings (SSSR count). The van der Waals surface area contributed by atoms with E-state index in [9.17, 15) is 14.6 Å². The first kappa shape index (κ1) is 20.0. The molecule has 1 unspecified atom stereocenters. The molecule has 156 valence electrons. The van der Waals surface area contributed by atoms with Crippen LogP contribution in [0.1, 0.15) is 44.2 Å². The third kappa shape index (κ3) is 3.81. The predicted octanol–water partition coefficient (Wildman–Crippen LogP) is 3.23. The summed E-state index contributed by atoms with van der Waals surface area (Å²) in [4.78, 5) is 10.2. The Morgan fingerprint density at radius 2 is 1.90 bits per heavy atom. The van der Waals surface area contributed by atoms with Gasteiger partial charge in [-0.25, -0.2) is 4.98 Å². The summed E-state index contributed by atoms with van der Waals surface area (Å²) in [6, 6.07) is 6.60. The summed E-state index contributed by atoms with van der Waals surface area (Å²) in [7, 11) is 0. The van der Waals surface area contributed by atoms with Gasteiger partial charge in [0.25, 0.3) is 5.95 Å². The van der Waals surface area contributed by atoms with Crippen molar-refractivity contribution < 1.29 is 19.3 Å². The quantitative estimate of drug-likeness (QED) is 0.749. The molecule has 1 aliphatic carbocycles. The smallest absolute Gasteiger partial charge is 0.255 e. The summed E-state index contributed by atoms with van der Waals surface area (Å²) in [5, 5.41) is 19.9. The maximum Gasteiger partial charge on any atom is 0.255 e. The molecule has 4 atom stereocenters. The van der Waals surface area contributed by atoms with E-state index in [2.05, 4.69) is 28.7 Å². The molecule has 1 saturated carbocycles. The van der Waals surface area contributed by atoms with Crippen molar-refractivity contribution >= 4 is 0 Å². The largest absolute Gasteiger partial charge is 0.506 e. The fourth-order valence-electron chi connectivity index (χ4n) is 5.05. The minimum atomic E-state index is -0.707. The van der Waals surface area contributed by atoms with E-state index in [-0.39, 0.29) is 28.4 Å². The Balaban J connectivity index is 1.40. The van der Waals surface area contributed by atoms with Crippen molar-refractivity contribution in [1.82, 2.24) is 14.9 Å². The van der Waals surface area contributed by atoms with Gasteiger partial charge < -0.3 is 14.9 Å². The number of aliphatic hydroxyl groups excluding tert-OH is 1. The Labute approximate surface area is 170 Å². The number of hydrogen-bond donors (Lipinski definition) is 2. The predicted molar refractivity (Wildman–Crippen MR) is 106 cm³/mol. The summed E-state index contributed by atoms with van der Waals surface area (Å²) in [5.74, 6) is -0.245. The van der Waals surface area contributed by atoms with Gasteiger partial charge in [-0.3, -0.25) is 9.88 Å². The number of likely N-dealkylation sites (tertiary alicyclic amines) is 1. The lowest BCUT2D eigenvalue weighted by Crippen LogP contribution is -2.31. The van der Waals surface area contributed by atoms with Crippen LogP contribution in [0.15, 0.2) is 30.5 Å². The SMILES string of the molecule is Cc1ccc(O[C@@H]2C[C@@]3(C)CN(CC(O)c4ccc(O)cn4)C[C@@]3(C)C2)c(F)n1. The average molecular weight is 401 g/mol. The van der Waals surface area contributed by atoms with Gasteiger partial charge in [0.1, 0.15) is 18.0 Å². The second kappa shape index (κ2) is 7.22. The van der Waals surface area contributed by atoms with Crippen LogP contribution in [0.2, 0.25) is 0 Å². The van der Waals surface area contributed by atoms with Gasteiger partial charge in [0.2, 0.25) is 0 Å². The van der Waals surface area contributed by atoms with Crippen molar-refractivity contribution in [3.05, 3.63) is 47.8 Å². The Morgan fingerprint density at radius 1 is 1.21 bits per heavy atom. The Kier molecular flexibility index (Phi) is 4.99. The molecule has 7 heteroatoms. The molecule has 0 spiro atoms. The highest BCUT2D eigenvalue weighted by Gasteiger charge is 2.58. The minimum absolute atomic E-state index is 0.0222. The Hall–Kier alpha value is -2.25. The number of pyridine rings is 2. The number of aryl methyl sites for hydroxylation is 1. The van der Waals surface area contributed by atoms with Gasteiger partial charge in [-0.2, -0.15) is 4.39 Å². The van der Waals surface area contributed by atoms with Crippen LogP contribution in [0.4, 0.5) is 4.39 Å². The molecule has 0 amide bonds. The zero-order valence-electron chi connectivity index (χ0n) is 17.1. The number of aromatic nitrogens is 2. The first-order chi connectivity index (χ1) is 13.7. The molecule has 2 aromatic rings. The van der Waals surface area contributed by atoms with Gasteiger partial charge >= 0.3 is 0 Å². The van der Waals surface area contributed by atoms with Crippen LogP contribution in [0, 0.1) is 23.7 Å². The van der Waals surface area contributed by atoms with Gasteiger partial charge in [0.15, 0.2) is 5.75 Å². The maximum absolute atomic E-state index is 14.1. The van der Waals surface area contributed by atoms with Crippen LogP contribution in [0.3, 0.4) is 0 Å². The van der Waals surface area contributed by atoms with Crippen molar-refractivity contribution in [2.75, 3.05) is 19.6 Å². The van der Waals surface area contributed by atoms with Crippen molar-refractivity contribution in [1.29, 1.82) is 0 Å². The fraction of sp³-hybridized carbons (Fsp3) is 0.545. The number of halogens is 1. The highest BCUT2D eigenvalue weighted by molar-refractivity contribution is 5.23. The van der Waals surface area contributed by atoms with Crippen LogP contribution >= 0.6 is 0 Å². The van der Waals surface area contributed by atoms with Crippen molar-refractivity contribution in [2.24, 2.45) is 10.8 Å². The molecule has 2 aromatic heterocycles. The molecule has 0 bridgehead atoms.